The molecule has 56 valence electrons. The summed E-state index contributed by atoms with van der Waals surface area (Å²) in [6.07, 6.45) is 2.92. The maximum Gasteiger partial charge on any atom is 0.0653 e. The van der Waals surface area contributed by atoms with E-state index >= 15 is 0 Å². The predicted octanol–water partition coefficient (Wildman–Crippen LogP) is 2.11. The topological polar surface area (TPSA) is 25.8 Å². The van der Waals surface area contributed by atoms with Crippen molar-refractivity contribution in [1.82, 2.24) is 9.59 Å². The van der Waals surface area contributed by atoms with Gasteiger partial charge in [-0.3, -0.25) is 0 Å². The number of hydrogen-bond donors (Lipinski definition) is 0. The lowest BCUT2D eigenvalue weighted by Crippen LogP contribution is -1.98. The molecule has 1 atom stereocenters. The van der Waals surface area contributed by atoms with Crippen LogP contribution in [0.3, 0.4) is 0 Å². The molecule has 0 bridgehead atoms. The molecule has 0 fully saturated rings. The second-order valence-electron chi connectivity index (χ2n) is 2.35. The fourth-order valence-electron chi connectivity index (χ4n) is 0.676. The van der Waals surface area contributed by atoms with Gasteiger partial charge in [0.05, 0.1) is 6.20 Å². The summed E-state index contributed by atoms with van der Waals surface area (Å²) in [7, 11) is 0. The Bertz CT molecular complexity index is 176. The molecule has 0 spiro atoms. The van der Waals surface area contributed by atoms with Crippen LogP contribution in [-0.4, -0.2) is 14.9 Å². The summed E-state index contributed by atoms with van der Waals surface area (Å²) in [5.74, 6) is 0.683. The average Bonchev–Trinajstić information content (AvgIpc) is 2.40. The van der Waals surface area contributed by atoms with Crippen LogP contribution in [0, 0.1) is 5.92 Å². The van der Waals surface area contributed by atoms with Gasteiger partial charge < -0.3 is 0 Å². The Balaban J connectivity index is 2.40. The molecule has 1 unspecified atom stereocenters. The van der Waals surface area contributed by atoms with Gasteiger partial charge in [-0.05, 0) is 23.9 Å². The van der Waals surface area contributed by atoms with Gasteiger partial charge in [-0.1, -0.05) is 27.3 Å². The summed E-state index contributed by atoms with van der Waals surface area (Å²) >= 11 is 4.91. The summed E-state index contributed by atoms with van der Waals surface area (Å²) in [5, 5.41) is 4.81. The van der Waals surface area contributed by atoms with Gasteiger partial charge in [0.1, 0.15) is 0 Å². The van der Waals surface area contributed by atoms with Crippen LogP contribution in [0.1, 0.15) is 11.8 Å². The van der Waals surface area contributed by atoms with Gasteiger partial charge in [-0.25, -0.2) is 0 Å². The van der Waals surface area contributed by atoms with Crippen molar-refractivity contribution in [3.63, 3.8) is 0 Å². The highest BCUT2D eigenvalue weighted by molar-refractivity contribution is 9.09. The molecule has 2 nitrogen and oxygen atoms in total. The zero-order valence-corrected chi connectivity index (χ0v) is 8.15. The molecule has 1 aromatic rings. The third-order valence-electron chi connectivity index (χ3n) is 1.22. The molecule has 0 aromatic carbocycles. The number of hydrogen-bond acceptors (Lipinski definition) is 3. The van der Waals surface area contributed by atoms with E-state index in [1.54, 1.807) is 0 Å². The van der Waals surface area contributed by atoms with Gasteiger partial charge in [0.25, 0.3) is 0 Å². The molecule has 0 aliphatic rings. The van der Waals surface area contributed by atoms with Gasteiger partial charge in [0, 0.05) is 10.2 Å². The summed E-state index contributed by atoms with van der Waals surface area (Å²) in [4.78, 5) is 1.27. The Morgan fingerprint density at radius 3 is 3.10 bits per heavy atom. The monoisotopic (exact) mass is 220 g/mol. The minimum atomic E-state index is 0.683. The van der Waals surface area contributed by atoms with E-state index in [0.29, 0.717) is 5.92 Å². The highest BCUT2D eigenvalue weighted by Gasteiger charge is 2.02. The smallest absolute Gasteiger partial charge is 0.0653 e. The normalized spacial score (nSPS) is 13.4. The number of rotatable bonds is 3. The minimum Gasteiger partial charge on any atom is -0.146 e. The Morgan fingerprint density at radius 2 is 2.60 bits per heavy atom. The van der Waals surface area contributed by atoms with Crippen molar-refractivity contribution < 1.29 is 0 Å². The van der Waals surface area contributed by atoms with Crippen molar-refractivity contribution in [2.45, 2.75) is 13.3 Å². The van der Waals surface area contributed by atoms with Gasteiger partial charge in [0.15, 0.2) is 0 Å². The van der Waals surface area contributed by atoms with Crippen LogP contribution in [-0.2, 0) is 6.42 Å². The summed E-state index contributed by atoms with van der Waals surface area (Å²) in [6, 6.07) is 0. The second kappa shape index (κ2) is 4.03. The first kappa shape index (κ1) is 8.14. The molecule has 0 N–H and O–H groups in total. The highest BCUT2D eigenvalue weighted by Crippen LogP contribution is 2.11. The van der Waals surface area contributed by atoms with Crippen molar-refractivity contribution in [3.8, 4) is 0 Å². The third-order valence-corrected chi connectivity index (χ3v) is 3.01. The van der Waals surface area contributed by atoms with Crippen LogP contribution >= 0.6 is 27.5 Å². The SMILES string of the molecule is CC(CBr)Cc1cnns1. The first-order valence-electron chi connectivity index (χ1n) is 3.15. The summed E-state index contributed by atoms with van der Waals surface area (Å²) in [5.41, 5.74) is 0. The minimum absolute atomic E-state index is 0.683. The van der Waals surface area contributed by atoms with E-state index in [9.17, 15) is 0 Å². The Hall–Kier alpha value is 0.0400. The predicted molar refractivity (Wildman–Crippen MR) is 46.6 cm³/mol. The molecule has 0 aliphatic heterocycles. The van der Waals surface area contributed by atoms with Crippen molar-refractivity contribution in [2.24, 2.45) is 5.92 Å². The van der Waals surface area contributed by atoms with Gasteiger partial charge in [-0.15, -0.1) is 5.10 Å². The molecule has 0 saturated heterocycles. The van der Waals surface area contributed by atoms with E-state index in [2.05, 4.69) is 32.4 Å². The Kier molecular flexibility index (Phi) is 3.28. The van der Waals surface area contributed by atoms with Crippen LogP contribution in [0.5, 0.6) is 0 Å². The van der Waals surface area contributed by atoms with E-state index in [1.165, 1.54) is 16.4 Å². The van der Waals surface area contributed by atoms with E-state index < -0.39 is 0 Å². The van der Waals surface area contributed by atoms with Gasteiger partial charge in [0.2, 0.25) is 0 Å². The van der Waals surface area contributed by atoms with Crippen molar-refractivity contribution >= 4 is 27.5 Å². The lowest BCUT2D eigenvalue weighted by atomic mass is 10.1. The quantitative estimate of drug-likeness (QED) is 0.730. The number of aromatic nitrogens is 2. The number of alkyl halides is 1. The molecule has 10 heavy (non-hydrogen) atoms. The molecular formula is C6H9BrN2S. The van der Waals surface area contributed by atoms with Crippen LogP contribution < -0.4 is 0 Å². The number of halogens is 1. The molecule has 0 saturated carbocycles. The molecule has 4 heteroatoms. The molecule has 1 heterocycles. The fraction of sp³-hybridized carbons (Fsp3) is 0.667. The molecular weight excluding hydrogens is 212 g/mol. The van der Waals surface area contributed by atoms with Gasteiger partial charge >= 0.3 is 0 Å². The molecule has 1 rings (SSSR count). The maximum atomic E-state index is 3.79. The second-order valence-corrected chi connectivity index (χ2v) is 3.87. The maximum absolute atomic E-state index is 3.79. The standard InChI is InChI=1S/C6H9BrN2S/c1-5(3-7)2-6-4-8-9-10-6/h4-5H,2-3H2,1H3. The van der Waals surface area contributed by atoms with Crippen molar-refractivity contribution in [3.05, 3.63) is 11.1 Å². The van der Waals surface area contributed by atoms with Crippen LogP contribution in [0.2, 0.25) is 0 Å². The Labute approximate surface area is 72.9 Å². The largest absolute Gasteiger partial charge is 0.146 e. The third kappa shape index (κ3) is 2.34. The number of nitrogens with zero attached hydrogens (tertiary/aromatic N) is 2. The van der Waals surface area contributed by atoms with Crippen LogP contribution in [0.4, 0.5) is 0 Å². The van der Waals surface area contributed by atoms with E-state index in [-0.39, 0.29) is 0 Å². The zero-order chi connectivity index (χ0) is 7.40. The zero-order valence-electron chi connectivity index (χ0n) is 5.75. The summed E-state index contributed by atoms with van der Waals surface area (Å²) < 4.78 is 3.79. The lowest BCUT2D eigenvalue weighted by molar-refractivity contribution is 0.669. The van der Waals surface area contributed by atoms with Crippen LogP contribution in [0.25, 0.3) is 0 Å². The van der Waals surface area contributed by atoms with Gasteiger partial charge in [-0.2, -0.15) is 0 Å². The lowest BCUT2D eigenvalue weighted by Gasteiger charge is -2.01. The van der Waals surface area contributed by atoms with Crippen molar-refractivity contribution in [2.75, 3.05) is 5.33 Å². The highest BCUT2D eigenvalue weighted by atomic mass is 79.9. The molecule has 0 aliphatic carbocycles. The first-order valence-corrected chi connectivity index (χ1v) is 5.04. The van der Waals surface area contributed by atoms with Crippen LogP contribution in [0.15, 0.2) is 6.20 Å². The van der Waals surface area contributed by atoms with Crippen molar-refractivity contribution in [1.29, 1.82) is 0 Å². The fourth-order valence-corrected chi connectivity index (χ4v) is 1.56. The van der Waals surface area contributed by atoms with E-state index in [4.69, 9.17) is 0 Å². The molecule has 0 amide bonds. The average molecular weight is 221 g/mol. The molecule has 1 aromatic heterocycles. The van der Waals surface area contributed by atoms with E-state index in [0.717, 1.165) is 11.8 Å². The Morgan fingerprint density at radius 1 is 1.80 bits per heavy atom. The van der Waals surface area contributed by atoms with E-state index in [1.807, 2.05) is 6.20 Å². The molecule has 0 radical (unpaired) electrons. The summed E-state index contributed by atoms with van der Waals surface area (Å²) in [6.45, 7) is 2.20. The first-order chi connectivity index (χ1) is 4.83.